The van der Waals surface area contributed by atoms with Crippen LogP contribution in [0, 0.1) is 5.92 Å². The van der Waals surface area contributed by atoms with Crippen molar-refractivity contribution >= 4 is 16.9 Å². The number of ether oxygens (including phenoxy) is 1. The number of carbonyl (C=O) groups is 1. The standard InChI is InChI=1S/C19H26N2O4/c1-24-11-10-21-8-6-14(7-9-21)12-20-19(23)18-16(13-22)15-4-2-3-5-17(15)25-18/h2-5,14,22H,6-13H2,1H3,(H,20,23). The Labute approximate surface area is 147 Å². The predicted octanol–water partition coefficient (Wildman–Crippen LogP) is 2.01. The Morgan fingerprint density at radius 1 is 1.36 bits per heavy atom. The number of rotatable bonds is 7. The Balaban J connectivity index is 1.55. The number of furan rings is 1. The number of piperidine rings is 1. The van der Waals surface area contributed by atoms with E-state index in [0.29, 0.717) is 23.6 Å². The Kier molecular flexibility index (Phi) is 6.07. The maximum Gasteiger partial charge on any atom is 0.287 e. The molecule has 1 fully saturated rings. The van der Waals surface area contributed by atoms with Crippen LogP contribution < -0.4 is 5.32 Å². The Bertz CT molecular complexity index is 705. The van der Waals surface area contributed by atoms with Crippen LogP contribution in [0.1, 0.15) is 29.0 Å². The Hall–Kier alpha value is -1.89. The van der Waals surface area contributed by atoms with E-state index in [1.807, 2.05) is 18.2 Å². The van der Waals surface area contributed by atoms with Crippen molar-refractivity contribution in [1.82, 2.24) is 10.2 Å². The molecule has 1 aliphatic heterocycles. The van der Waals surface area contributed by atoms with Crippen molar-refractivity contribution in [2.24, 2.45) is 5.92 Å². The summed E-state index contributed by atoms with van der Waals surface area (Å²) in [4.78, 5) is 14.9. The molecule has 0 atom stereocenters. The van der Waals surface area contributed by atoms with E-state index in [1.54, 1.807) is 13.2 Å². The molecule has 0 radical (unpaired) electrons. The van der Waals surface area contributed by atoms with Gasteiger partial charge in [0.05, 0.1) is 13.2 Å². The lowest BCUT2D eigenvalue weighted by Crippen LogP contribution is -2.39. The summed E-state index contributed by atoms with van der Waals surface area (Å²) >= 11 is 0. The quantitative estimate of drug-likeness (QED) is 0.802. The van der Waals surface area contributed by atoms with Crippen LogP contribution in [0.2, 0.25) is 0 Å². The first-order chi connectivity index (χ1) is 12.2. The molecule has 2 heterocycles. The summed E-state index contributed by atoms with van der Waals surface area (Å²) < 4.78 is 10.8. The van der Waals surface area contributed by atoms with Crippen LogP contribution in [0.15, 0.2) is 28.7 Å². The number of fused-ring (bicyclic) bond motifs is 1. The van der Waals surface area contributed by atoms with Gasteiger partial charge in [0, 0.05) is 31.1 Å². The second-order valence-electron chi connectivity index (χ2n) is 6.55. The summed E-state index contributed by atoms with van der Waals surface area (Å²) in [5, 5.41) is 13.4. The van der Waals surface area contributed by atoms with Gasteiger partial charge in [-0.2, -0.15) is 0 Å². The van der Waals surface area contributed by atoms with Crippen molar-refractivity contribution in [3.8, 4) is 0 Å². The lowest BCUT2D eigenvalue weighted by atomic mass is 9.97. The van der Waals surface area contributed by atoms with E-state index < -0.39 is 0 Å². The third-order valence-corrected chi connectivity index (χ3v) is 4.93. The summed E-state index contributed by atoms with van der Waals surface area (Å²) in [5.41, 5.74) is 1.19. The minimum Gasteiger partial charge on any atom is -0.451 e. The molecule has 0 spiro atoms. The Morgan fingerprint density at radius 3 is 2.84 bits per heavy atom. The molecule has 1 amide bonds. The van der Waals surface area contributed by atoms with Crippen LogP contribution in [0.4, 0.5) is 0 Å². The first-order valence-electron chi connectivity index (χ1n) is 8.83. The van der Waals surface area contributed by atoms with Gasteiger partial charge in [-0.05, 0) is 37.9 Å². The summed E-state index contributed by atoms with van der Waals surface area (Å²) in [6.07, 6.45) is 2.13. The van der Waals surface area contributed by atoms with Crippen molar-refractivity contribution in [2.45, 2.75) is 19.4 Å². The highest BCUT2D eigenvalue weighted by Crippen LogP contribution is 2.26. The zero-order chi connectivity index (χ0) is 17.6. The van der Waals surface area contributed by atoms with Crippen molar-refractivity contribution in [1.29, 1.82) is 0 Å². The van der Waals surface area contributed by atoms with E-state index in [9.17, 15) is 9.90 Å². The van der Waals surface area contributed by atoms with Crippen molar-refractivity contribution < 1.29 is 19.1 Å². The van der Waals surface area contributed by atoms with E-state index in [2.05, 4.69) is 10.2 Å². The van der Waals surface area contributed by atoms with Gasteiger partial charge in [0.25, 0.3) is 5.91 Å². The number of hydrogen-bond donors (Lipinski definition) is 2. The number of methoxy groups -OCH3 is 1. The van der Waals surface area contributed by atoms with Crippen LogP contribution in [-0.4, -0.2) is 55.8 Å². The van der Waals surface area contributed by atoms with Crippen molar-refractivity contribution in [2.75, 3.05) is 39.9 Å². The number of benzene rings is 1. The van der Waals surface area contributed by atoms with Gasteiger partial charge < -0.3 is 24.5 Å². The molecule has 1 aromatic carbocycles. The van der Waals surface area contributed by atoms with Gasteiger partial charge >= 0.3 is 0 Å². The van der Waals surface area contributed by atoms with Gasteiger partial charge in [0.1, 0.15) is 5.58 Å². The molecule has 6 nitrogen and oxygen atoms in total. The first-order valence-corrected chi connectivity index (χ1v) is 8.83. The van der Waals surface area contributed by atoms with Crippen LogP contribution in [-0.2, 0) is 11.3 Å². The maximum atomic E-state index is 12.5. The monoisotopic (exact) mass is 346 g/mol. The second-order valence-corrected chi connectivity index (χ2v) is 6.55. The van der Waals surface area contributed by atoms with E-state index >= 15 is 0 Å². The van der Waals surface area contributed by atoms with Crippen LogP contribution in [0.25, 0.3) is 11.0 Å². The van der Waals surface area contributed by atoms with Crippen molar-refractivity contribution in [3.05, 3.63) is 35.6 Å². The summed E-state index contributed by atoms with van der Waals surface area (Å²) in [5.74, 6) is 0.452. The van der Waals surface area contributed by atoms with E-state index in [-0.39, 0.29) is 18.3 Å². The lowest BCUT2D eigenvalue weighted by molar-refractivity contribution is 0.0897. The van der Waals surface area contributed by atoms with Crippen LogP contribution in [0.3, 0.4) is 0 Å². The number of likely N-dealkylation sites (tertiary alicyclic amines) is 1. The second kappa shape index (κ2) is 8.47. The minimum atomic E-state index is -0.248. The molecule has 25 heavy (non-hydrogen) atoms. The third kappa shape index (κ3) is 4.21. The van der Waals surface area contributed by atoms with Gasteiger partial charge in [0.15, 0.2) is 5.76 Å². The molecular formula is C19H26N2O4. The normalized spacial score (nSPS) is 16.4. The topological polar surface area (TPSA) is 74.9 Å². The predicted molar refractivity (Wildman–Crippen MR) is 95.5 cm³/mol. The summed E-state index contributed by atoms with van der Waals surface area (Å²) in [7, 11) is 1.72. The number of carbonyl (C=O) groups excluding carboxylic acids is 1. The molecular weight excluding hydrogens is 320 g/mol. The molecule has 2 N–H and O–H groups in total. The highest BCUT2D eigenvalue weighted by Gasteiger charge is 2.23. The fraction of sp³-hybridized carbons (Fsp3) is 0.526. The number of amides is 1. The molecule has 0 saturated carbocycles. The number of nitrogens with zero attached hydrogens (tertiary/aromatic N) is 1. The molecule has 0 bridgehead atoms. The molecule has 136 valence electrons. The van der Waals surface area contributed by atoms with Gasteiger partial charge in [-0.3, -0.25) is 4.79 Å². The van der Waals surface area contributed by atoms with Crippen LogP contribution in [0.5, 0.6) is 0 Å². The fourth-order valence-electron chi connectivity index (χ4n) is 3.39. The number of nitrogens with one attached hydrogen (secondary N) is 1. The van der Waals surface area contributed by atoms with Crippen molar-refractivity contribution in [3.63, 3.8) is 0 Å². The molecule has 2 aromatic rings. The van der Waals surface area contributed by atoms with E-state index in [1.165, 1.54) is 0 Å². The number of para-hydroxylation sites is 1. The van der Waals surface area contributed by atoms with E-state index in [0.717, 1.165) is 44.5 Å². The summed E-state index contributed by atoms with van der Waals surface area (Å²) in [6.45, 7) is 4.23. The number of hydrogen-bond acceptors (Lipinski definition) is 5. The highest BCUT2D eigenvalue weighted by molar-refractivity contribution is 5.99. The SMILES string of the molecule is COCCN1CCC(CNC(=O)c2oc3ccccc3c2CO)CC1. The third-order valence-electron chi connectivity index (χ3n) is 4.93. The average molecular weight is 346 g/mol. The highest BCUT2D eigenvalue weighted by atomic mass is 16.5. The molecule has 6 heteroatoms. The number of aliphatic hydroxyl groups is 1. The first kappa shape index (κ1) is 17.9. The van der Waals surface area contributed by atoms with E-state index in [4.69, 9.17) is 9.15 Å². The molecule has 1 saturated heterocycles. The Morgan fingerprint density at radius 2 is 2.12 bits per heavy atom. The lowest BCUT2D eigenvalue weighted by Gasteiger charge is -2.31. The average Bonchev–Trinajstić information content (AvgIpc) is 3.04. The largest absolute Gasteiger partial charge is 0.451 e. The zero-order valence-electron chi connectivity index (χ0n) is 14.7. The molecule has 3 rings (SSSR count). The smallest absolute Gasteiger partial charge is 0.287 e. The minimum absolute atomic E-state index is 0.211. The maximum absolute atomic E-state index is 12.5. The summed E-state index contributed by atoms with van der Waals surface area (Å²) in [6, 6.07) is 7.39. The van der Waals surface area contributed by atoms with Gasteiger partial charge in [-0.25, -0.2) is 0 Å². The zero-order valence-corrected chi connectivity index (χ0v) is 14.7. The van der Waals surface area contributed by atoms with Crippen LogP contribution >= 0.6 is 0 Å². The van der Waals surface area contributed by atoms with Gasteiger partial charge in [0.2, 0.25) is 0 Å². The molecule has 0 aliphatic carbocycles. The van der Waals surface area contributed by atoms with Gasteiger partial charge in [-0.1, -0.05) is 18.2 Å². The number of aliphatic hydroxyl groups excluding tert-OH is 1. The molecule has 1 aromatic heterocycles. The molecule has 0 unspecified atom stereocenters. The van der Waals surface area contributed by atoms with Gasteiger partial charge in [-0.15, -0.1) is 0 Å². The fourth-order valence-corrected chi connectivity index (χ4v) is 3.39. The molecule has 1 aliphatic rings.